The molecule has 1 spiro atoms. The molecular weight excluding hydrogens is 352 g/mol. The molecule has 2 aliphatic heterocycles. The fourth-order valence-corrected chi connectivity index (χ4v) is 5.07. The molecule has 28 heavy (non-hydrogen) atoms. The lowest BCUT2D eigenvalue weighted by molar-refractivity contribution is -0.136. The number of carbonyl (C=O) groups is 1. The van der Waals surface area contributed by atoms with Gasteiger partial charge in [-0.15, -0.1) is 0 Å². The van der Waals surface area contributed by atoms with E-state index in [1.807, 2.05) is 18.7 Å². The molecule has 3 aliphatic rings. The first-order valence-electron chi connectivity index (χ1n) is 10.6. The van der Waals surface area contributed by atoms with Crippen LogP contribution in [0.1, 0.15) is 56.3 Å². The van der Waals surface area contributed by atoms with Crippen LogP contribution in [0.25, 0.3) is 0 Å². The van der Waals surface area contributed by atoms with Crippen LogP contribution < -0.4 is 0 Å². The summed E-state index contributed by atoms with van der Waals surface area (Å²) in [6.07, 6.45) is 11.1. The van der Waals surface area contributed by atoms with Crippen LogP contribution in [-0.2, 0) is 11.3 Å². The van der Waals surface area contributed by atoms with Gasteiger partial charge in [-0.05, 0) is 45.1 Å². The Morgan fingerprint density at radius 1 is 1.36 bits per heavy atom. The molecule has 6 heteroatoms. The molecule has 2 aromatic heterocycles. The van der Waals surface area contributed by atoms with E-state index in [1.165, 1.54) is 18.4 Å². The highest BCUT2D eigenvalue weighted by Crippen LogP contribution is 2.50. The predicted molar refractivity (Wildman–Crippen MR) is 106 cm³/mol. The van der Waals surface area contributed by atoms with E-state index in [-0.39, 0.29) is 11.3 Å². The minimum atomic E-state index is -0.325. The van der Waals surface area contributed by atoms with Gasteiger partial charge in [-0.1, -0.05) is 0 Å². The Bertz CT molecular complexity index is 839. The Labute approximate surface area is 166 Å². The molecular formula is C22H30N4O2. The van der Waals surface area contributed by atoms with Crippen molar-refractivity contribution < 1.29 is 9.21 Å². The second-order valence-corrected chi connectivity index (χ2v) is 9.29. The Morgan fingerprint density at radius 3 is 2.89 bits per heavy atom. The van der Waals surface area contributed by atoms with Gasteiger partial charge in [0.15, 0.2) is 0 Å². The molecule has 1 saturated carbocycles. The summed E-state index contributed by atoms with van der Waals surface area (Å²) in [5.41, 5.74) is 1.92. The summed E-state index contributed by atoms with van der Waals surface area (Å²) >= 11 is 0. The topological polar surface area (TPSA) is 54.5 Å². The highest BCUT2D eigenvalue weighted by molar-refractivity contribution is 5.86. The normalized spacial score (nSPS) is 28.3. The summed E-state index contributed by atoms with van der Waals surface area (Å²) in [6.45, 7) is 8.71. The van der Waals surface area contributed by atoms with E-state index in [0.29, 0.717) is 11.9 Å². The van der Waals surface area contributed by atoms with Crippen LogP contribution >= 0.6 is 0 Å². The molecule has 1 aliphatic carbocycles. The SMILES string of the molecule is CC(C)n1cnc([C@@H]2CN(Cc3ccoc3)C[C@@]23CCN(CC2CC2)C3=O)c1. The summed E-state index contributed by atoms with van der Waals surface area (Å²) in [7, 11) is 0. The smallest absolute Gasteiger partial charge is 0.230 e. The molecule has 0 unspecified atom stereocenters. The van der Waals surface area contributed by atoms with E-state index in [0.717, 1.165) is 50.8 Å². The minimum absolute atomic E-state index is 0.163. The fraction of sp³-hybridized carbons (Fsp3) is 0.636. The molecule has 4 heterocycles. The Kier molecular flexibility index (Phi) is 4.34. The maximum atomic E-state index is 13.6. The summed E-state index contributed by atoms with van der Waals surface area (Å²) < 4.78 is 7.41. The van der Waals surface area contributed by atoms with Gasteiger partial charge in [-0.25, -0.2) is 4.98 Å². The second-order valence-electron chi connectivity index (χ2n) is 9.29. The van der Waals surface area contributed by atoms with Crippen molar-refractivity contribution in [2.45, 2.75) is 51.6 Å². The molecule has 3 fully saturated rings. The van der Waals surface area contributed by atoms with E-state index in [4.69, 9.17) is 9.40 Å². The van der Waals surface area contributed by atoms with Crippen LogP contribution in [0.4, 0.5) is 0 Å². The molecule has 150 valence electrons. The lowest BCUT2D eigenvalue weighted by atomic mass is 9.75. The van der Waals surface area contributed by atoms with Gasteiger partial charge < -0.3 is 13.9 Å². The monoisotopic (exact) mass is 382 g/mol. The molecule has 0 N–H and O–H groups in total. The van der Waals surface area contributed by atoms with Crippen LogP contribution in [0.3, 0.4) is 0 Å². The quantitative estimate of drug-likeness (QED) is 0.769. The summed E-state index contributed by atoms with van der Waals surface area (Å²) in [4.78, 5) is 22.9. The van der Waals surface area contributed by atoms with Gasteiger partial charge >= 0.3 is 0 Å². The first-order chi connectivity index (χ1) is 13.5. The molecule has 0 radical (unpaired) electrons. The minimum Gasteiger partial charge on any atom is -0.472 e. The fourth-order valence-electron chi connectivity index (χ4n) is 5.07. The number of aromatic nitrogens is 2. The number of furan rings is 1. The molecule has 1 amide bonds. The van der Waals surface area contributed by atoms with Crippen LogP contribution in [0, 0.1) is 11.3 Å². The third-order valence-electron chi connectivity index (χ3n) is 6.89. The Balaban J connectivity index is 1.43. The van der Waals surface area contributed by atoms with Gasteiger partial charge in [0.2, 0.25) is 5.91 Å². The summed E-state index contributed by atoms with van der Waals surface area (Å²) in [6, 6.07) is 2.40. The van der Waals surface area contributed by atoms with Crippen LogP contribution in [0.2, 0.25) is 0 Å². The van der Waals surface area contributed by atoms with Crippen molar-refractivity contribution >= 4 is 5.91 Å². The lowest BCUT2D eigenvalue weighted by Crippen LogP contribution is -2.40. The van der Waals surface area contributed by atoms with E-state index >= 15 is 0 Å². The number of likely N-dealkylation sites (tertiary alicyclic amines) is 2. The lowest BCUT2D eigenvalue weighted by Gasteiger charge is -2.28. The summed E-state index contributed by atoms with van der Waals surface area (Å²) in [5, 5.41) is 0. The highest BCUT2D eigenvalue weighted by Gasteiger charge is 2.58. The second kappa shape index (κ2) is 6.76. The molecule has 2 saturated heterocycles. The number of amides is 1. The molecule has 5 rings (SSSR count). The number of imidazole rings is 1. The highest BCUT2D eigenvalue weighted by atomic mass is 16.3. The van der Waals surface area contributed by atoms with Crippen molar-refractivity contribution in [3.8, 4) is 0 Å². The zero-order valence-corrected chi connectivity index (χ0v) is 16.9. The number of hydrogen-bond acceptors (Lipinski definition) is 4. The van der Waals surface area contributed by atoms with Crippen molar-refractivity contribution in [1.29, 1.82) is 0 Å². The van der Waals surface area contributed by atoms with Crippen molar-refractivity contribution in [2.75, 3.05) is 26.2 Å². The zero-order valence-electron chi connectivity index (χ0n) is 16.9. The first kappa shape index (κ1) is 18.0. The van der Waals surface area contributed by atoms with Crippen molar-refractivity contribution in [3.05, 3.63) is 42.4 Å². The van der Waals surface area contributed by atoms with Gasteiger partial charge in [0.1, 0.15) is 0 Å². The number of rotatable bonds is 6. The van der Waals surface area contributed by atoms with Gasteiger partial charge in [-0.3, -0.25) is 9.69 Å². The predicted octanol–water partition coefficient (Wildman–Crippen LogP) is 3.29. The van der Waals surface area contributed by atoms with Gasteiger partial charge in [0.25, 0.3) is 0 Å². The largest absolute Gasteiger partial charge is 0.472 e. The van der Waals surface area contributed by atoms with Gasteiger partial charge in [-0.2, -0.15) is 0 Å². The maximum absolute atomic E-state index is 13.6. The third kappa shape index (κ3) is 3.08. The van der Waals surface area contributed by atoms with E-state index < -0.39 is 0 Å². The van der Waals surface area contributed by atoms with Crippen LogP contribution in [0.5, 0.6) is 0 Å². The number of hydrogen-bond donors (Lipinski definition) is 0. The standard InChI is InChI=1S/C22H30N4O2/c1-16(2)26-12-20(23-15-26)19-11-24(9-18-5-8-28-13-18)14-22(19)6-7-25(21(22)27)10-17-3-4-17/h5,8,12-13,15-17,19H,3-4,6-7,9-11,14H2,1-2H3/t19-,22-/m0/s1. The number of carbonyl (C=O) groups excluding carboxylic acids is 1. The van der Waals surface area contributed by atoms with E-state index in [1.54, 1.807) is 6.26 Å². The molecule has 0 bridgehead atoms. The molecule has 2 aromatic rings. The Morgan fingerprint density at radius 2 is 2.21 bits per heavy atom. The molecule has 2 atom stereocenters. The molecule has 0 aromatic carbocycles. The van der Waals surface area contributed by atoms with Gasteiger partial charge in [0, 0.05) is 56.4 Å². The van der Waals surface area contributed by atoms with Crippen LogP contribution in [-0.4, -0.2) is 51.4 Å². The van der Waals surface area contributed by atoms with Crippen LogP contribution in [0.15, 0.2) is 35.5 Å². The van der Waals surface area contributed by atoms with E-state index in [2.05, 4.69) is 34.4 Å². The third-order valence-corrected chi connectivity index (χ3v) is 6.89. The average molecular weight is 383 g/mol. The Hall–Kier alpha value is -2.08. The maximum Gasteiger partial charge on any atom is 0.230 e. The van der Waals surface area contributed by atoms with Gasteiger partial charge in [0.05, 0.1) is 30.0 Å². The molecule has 6 nitrogen and oxygen atoms in total. The zero-order chi connectivity index (χ0) is 19.3. The first-order valence-corrected chi connectivity index (χ1v) is 10.6. The van der Waals surface area contributed by atoms with Crippen molar-refractivity contribution in [2.24, 2.45) is 11.3 Å². The average Bonchev–Trinajstić information content (AvgIpc) is 3.09. The summed E-state index contributed by atoms with van der Waals surface area (Å²) in [5.74, 6) is 1.26. The van der Waals surface area contributed by atoms with Crippen molar-refractivity contribution in [1.82, 2.24) is 19.4 Å². The van der Waals surface area contributed by atoms with E-state index in [9.17, 15) is 4.79 Å². The number of nitrogens with zero attached hydrogens (tertiary/aromatic N) is 4. The van der Waals surface area contributed by atoms with Crippen molar-refractivity contribution in [3.63, 3.8) is 0 Å².